The second kappa shape index (κ2) is 8.87. The van der Waals surface area contributed by atoms with Gasteiger partial charge in [0.25, 0.3) is 0 Å². The molecule has 0 aliphatic heterocycles. The maximum atomic E-state index is 12.1. The molecule has 4 heteroatoms. The Morgan fingerprint density at radius 2 is 1.67 bits per heavy atom. The van der Waals surface area contributed by atoms with Crippen molar-refractivity contribution in [2.45, 2.75) is 38.5 Å². The van der Waals surface area contributed by atoms with Crippen molar-refractivity contribution < 1.29 is 14.7 Å². The lowest BCUT2D eigenvalue weighted by Gasteiger charge is -2.12. The Bertz CT molecular complexity index is 665. The number of carboxylic acid groups (broad SMARTS) is 1. The highest BCUT2D eigenvalue weighted by molar-refractivity contribution is 5.90. The van der Waals surface area contributed by atoms with Gasteiger partial charge in [0.15, 0.2) is 0 Å². The van der Waals surface area contributed by atoms with Crippen molar-refractivity contribution in [1.82, 2.24) is 0 Å². The first-order valence-corrected chi connectivity index (χ1v) is 8.20. The molecule has 1 atom stereocenters. The van der Waals surface area contributed by atoms with Gasteiger partial charge in [-0.15, -0.1) is 0 Å². The summed E-state index contributed by atoms with van der Waals surface area (Å²) in [6.45, 7) is 2.12. The summed E-state index contributed by atoms with van der Waals surface area (Å²) in [6.07, 6.45) is 1.88. The van der Waals surface area contributed by atoms with E-state index in [1.165, 1.54) is 5.56 Å². The molecule has 0 fully saturated rings. The van der Waals surface area contributed by atoms with Crippen molar-refractivity contribution in [1.29, 1.82) is 0 Å². The van der Waals surface area contributed by atoms with Gasteiger partial charge < -0.3 is 10.4 Å². The maximum absolute atomic E-state index is 12.1. The molecule has 0 aliphatic rings. The number of nitrogens with one attached hydrogen (secondary N) is 1. The third-order valence-electron chi connectivity index (χ3n) is 4.04. The molecule has 0 aromatic heterocycles. The number of carboxylic acids is 1. The van der Waals surface area contributed by atoms with E-state index in [4.69, 9.17) is 5.11 Å². The highest BCUT2D eigenvalue weighted by Gasteiger charge is 2.09. The monoisotopic (exact) mass is 325 g/mol. The number of hydrogen-bond acceptors (Lipinski definition) is 2. The first kappa shape index (κ1) is 17.7. The number of aryl methyl sites for hydroxylation is 1. The zero-order chi connectivity index (χ0) is 17.4. The molecule has 0 saturated heterocycles. The van der Waals surface area contributed by atoms with Gasteiger partial charge in [-0.05, 0) is 42.0 Å². The van der Waals surface area contributed by atoms with Gasteiger partial charge in [-0.2, -0.15) is 0 Å². The summed E-state index contributed by atoms with van der Waals surface area (Å²) >= 11 is 0. The average Bonchev–Trinajstić information content (AvgIpc) is 2.60. The third-order valence-corrected chi connectivity index (χ3v) is 4.04. The molecule has 0 bridgehead atoms. The summed E-state index contributed by atoms with van der Waals surface area (Å²) in [4.78, 5) is 22.6. The van der Waals surface area contributed by atoms with E-state index in [-0.39, 0.29) is 12.3 Å². The van der Waals surface area contributed by atoms with Crippen LogP contribution in [0.2, 0.25) is 0 Å². The van der Waals surface area contributed by atoms with E-state index in [0.29, 0.717) is 18.8 Å². The number of amides is 1. The molecule has 1 unspecified atom stereocenters. The fourth-order valence-electron chi connectivity index (χ4n) is 2.53. The van der Waals surface area contributed by atoms with Crippen molar-refractivity contribution in [3.63, 3.8) is 0 Å². The Morgan fingerprint density at radius 1 is 1.00 bits per heavy atom. The van der Waals surface area contributed by atoms with Crippen LogP contribution in [0.5, 0.6) is 0 Å². The number of benzene rings is 2. The van der Waals surface area contributed by atoms with E-state index in [1.54, 1.807) is 0 Å². The lowest BCUT2D eigenvalue weighted by Crippen LogP contribution is -2.12. The second-order valence-corrected chi connectivity index (χ2v) is 5.99. The quantitative estimate of drug-likeness (QED) is 0.763. The van der Waals surface area contributed by atoms with Gasteiger partial charge in [0, 0.05) is 18.5 Å². The molecule has 2 aromatic carbocycles. The Kier molecular flexibility index (Phi) is 6.55. The van der Waals surface area contributed by atoms with E-state index in [0.717, 1.165) is 17.7 Å². The Morgan fingerprint density at radius 3 is 2.29 bits per heavy atom. The summed E-state index contributed by atoms with van der Waals surface area (Å²) < 4.78 is 0. The summed E-state index contributed by atoms with van der Waals surface area (Å²) in [5.41, 5.74) is 2.94. The van der Waals surface area contributed by atoms with Crippen molar-refractivity contribution in [3.05, 3.63) is 65.7 Å². The van der Waals surface area contributed by atoms with Gasteiger partial charge in [-0.3, -0.25) is 9.59 Å². The van der Waals surface area contributed by atoms with Crippen molar-refractivity contribution >= 4 is 17.6 Å². The molecular weight excluding hydrogens is 302 g/mol. The predicted molar refractivity (Wildman–Crippen MR) is 95.1 cm³/mol. The van der Waals surface area contributed by atoms with E-state index >= 15 is 0 Å². The predicted octanol–water partition coefficient (Wildman–Crippen LogP) is 4.23. The van der Waals surface area contributed by atoms with Gasteiger partial charge in [-0.25, -0.2) is 0 Å². The zero-order valence-corrected chi connectivity index (χ0v) is 13.9. The summed E-state index contributed by atoms with van der Waals surface area (Å²) in [5, 5.41) is 11.6. The molecule has 2 aromatic rings. The second-order valence-electron chi connectivity index (χ2n) is 5.99. The zero-order valence-electron chi connectivity index (χ0n) is 13.9. The van der Waals surface area contributed by atoms with E-state index in [2.05, 4.69) is 24.4 Å². The molecule has 2 N–H and O–H groups in total. The average molecular weight is 325 g/mol. The van der Waals surface area contributed by atoms with Crippen LogP contribution in [0, 0.1) is 0 Å². The number of hydrogen-bond donors (Lipinski definition) is 2. The van der Waals surface area contributed by atoms with Crippen LogP contribution in [0.3, 0.4) is 0 Å². The molecule has 126 valence electrons. The molecule has 0 spiro atoms. The normalized spacial score (nSPS) is 11.7. The van der Waals surface area contributed by atoms with Gasteiger partial charge in [0.2, 0.25) is 5.91 Å². The standard InChI is InChI=1S/C20H23NO3/c1-15(17-5-3-2-4-6-17)7-13-19(22)21-18-11-8-16(9-12-18)10-14-20(23)24/h2-6,8-9,11-12,15H,7,10,13-14H2,1H3,(H,21,22)(H,23,24). The van der Waals surface area contributed by atoms with Gasteiger partial charge >= 0.3 is 5.97 Å². The Balaban J connectivity index is 1.78. The summed E-state index contributed by atoms with van der Waals surface area (Å²) in [5.74, 6) is -0.466. The smallest absolute Gasteiger partial charge is 0.303 e. The largest absolute Gasteiger partial charge is 0.481 e. The van der Waals surface area contributed by atoms with Crippen LogP contribution in [0.15, 0.2) is 54.6 Å². The third kappa shape index (κ3) is 5.88. The molecule has 0 saturated carbocycles. The SMILES string of the molecule is CC(CCC(=O)Nc1ccc(CCC(=O)O)cc1)c1ccccc1. The van der Waals surface area contributed by atoms with E-state index < -0.39 is 5.97 Å². The molecule has 1 amide bonds. The molecule has 0 radical (unpaired) electrons. The highest BCUT2D eigenvalue weighted by Crippen LogP contribution is 2.20. The van der Waals surface area contributed by atoms with Crippen LogP contribution in [0.25, 0.3) is 0 Å². The minimum atomic E-state index is -0.806. The topological polar surface area (TPSA) is 66.4 Å². The van der Waals surface area contributed by atoms with Crippen LogP contribution < -0.4 is 5.32 Å². The molecular formula is C20H23NO3. The number of carbonyl (C=O) groups is 2. The van der Waals surface area contributed by atoms with E-state index in [9.17, 15) is 9.59 Å². The highest BCUT2D eigenvalue weighted by atomic mass is 16.4. The van der Waals surface area contributed by atoms with Crippen LogP contribution >= 0.6 is 0 Å². The van der Waals surface area contributed by atoms with E-state index in [1.807, 2.05) is 42.5 Å². The minimum Gasteiger partial charge on any atom is -0.481 e. The Hall–Kier alpha value is -2.62. The maximum Gasteiger partial charge on any atom is 0.303 e. The fourth-order valence-corrected chi connectivity index (χ4v) is 2.53. The van der Waals surface area contributed by atoms with Crippen molar-refractivity contribution in [2.24, 2.45) is 0 Å². The van der Waals surface area contributed by atoms with Gasteiger partial charge in [-0.1, -0.05) is 49.4 Å². The van der Waals surface area contributed by atoms with Crippen molar-refractivity contribution in [3.8, 4) is 0 Å². The molecule has 24 heavy (non-hydrogen) atoms. The lowest BCUT2D eigenvalue weighted by atomic mass is 9.96. The molecule has 2 rings (SSSR count). The first-order valence-electron chi connectivity index (χ1n) is 8.20. The van der Waals surface area contributed by atoms with Gasteiger partial charge in [0.05, 0.1) is 0 Å². The fraction of sp³-hybridized carbons (Fsp3) is 0.300. The molecule has 0 heterocycles. The number of aliphatic carboxylic acids is 1. The molecule has 0 aliphatic carbocycles. The lowest BCUT2D eigenvalue weighted by molar-refractivity contribution is -0.137. The summed E-state index contributed by atoms with van der Waals surface area (Å²) in [6, 6.07) is 17.5. The van der Waals surface area contributed by atoms with Gasteiger partial charge in [0.1, 0.15) is 0 Å². The van der Waals surface area contributed by atoms with Crippen LogP contribution in [-0.2, 0) is 16.0 Å². The molecule has 4 nitrogen and oxygen atoms in total. The van der Waals surface area contributed by atoms with Crippen LogP contribution in [0.1, 0.15) is 43.2 Å². The number of rotatable bonds is 8. The van der Waals surface area contributed by atoms with Crippen molar-refractivity contribution in [2.75, 3.05) is 5.32 Å². The van der Waals surface area contributed by atoms with Crippen LogP contribution in [-0.4, -0.2) is 17.0 Å². The minimum absolute atomic E-state index is 0.00364. The summed E-state index contributed by atoms with van der Waals surface area (Å²) in [7, 11) is 0. The van der Waals surface area contributed by atoms with Crippen LogP contribution in [0.4, 0.5) is 5.69 Å². The Labute approximate surface area is 142 Å². The first-order chi connectivity index (χ1) is 11.5. The number of anilines is 1. The number of carbonyl (C=O) groups excluding carboxylic acids is 1.